The molecule has 0 aromatic heterocycles. The number of hydrogen-bond acceptors (Lipinski definition) is 6. The first kappa shape index (κ1) is 63.0. The summed E-state index contributed by atoms with van der Waals surface area (Å²) in [6.45, 7) is 4.64. The van der Waals surface area contributed by atoms with Gasteiger partial charge >= 0.3 is 17.9 Å². The largest absolute Gasteiger partial charge is 0.477 e. The van der Waals surface area contributed by atoms with Gasteiger partial charge < -0.3 is 23.8 Å². The maximum absolute atomic E-state index is 12.8. The summed E-state index contributed by atoms with van der Waals surface area (Å²) < 4.78 is 17.4. The van der Waals surface area contributed by atoms with Gasteiger partial charge in [-0.3, -0.25) is 9.59 Å². The van der Waals surface area contributed by atoms with Crippen molar-refractivity contribution in [2.75, 3.05) is 41.0 Å². The van der Waals surface area contributed by atoms with E-state index < -0.39 is 18.1 Å². The fourth-order valence-electron chi connectivity index (χ4n) is 7.96. The molecule has 0 spiro atoms. The lowest BCUT2D eigenvalue weighted by atomic mass is 10.1. The molecule has 0 aromatic rings. The van der Waals surface area contributed by atoms with E-state index in [1.807, 2.05) is 21.1 Å². The lowest BCUT2D eigenvalue weighted by molar-refractivity contribution is -0.887. The van der Waals surface area contributed by atoms with E-state index in [1.165, 1.54) is 135 Å². The van der Waals surface area contributed by atoms with Crippen molar-refractivity contribution in [2.24, 2.45) is 0 Å². The van der Waals surface area contributed by atoms with Crippen LogP contribution in [0.3, 0.4) is 0 Å². The summed E-state index contributed by atoms with van der Waals surface area (Å²) in [5.74, 6) is -1.48. The lowest BCUT2D eigenvalue weighted by Crippen LogP contribution is -2.50. The number of unbranched alkanes of at least 4 members (excludes halogenated alkanes) is 25. The quantitative estimate of drug-likeness (QED) is 0.0281. The number of likely N-dealkylation sites (N-methyl/N-ethyl adjacent to an activating group) is 1. The first-order chi connectivity index (χ1) is 32.1. The Morgan fingerprint density at radius 3 is 1.26 bits per heavy atom. The Bertz CT molecular complexity index is 1260. The summed E-state index contributed by atoms with van der Waals surface area (Å²) in [4.78, 5) is 37.2. The summed E-state index contributed by atoms with van der Waals surface area (Å²) in [7, 11) is 5.54. The molecular formula is C58H104NO7+. The van der Waals surface area contributed by atoms with E-state index in [9.17, 15) is 19.5 Å². The predicted octanol–water partition coefficient (Wildman–Crippen LogP) is 16.1. The van der Waals surface area contributed by atoms with Crippen LogP contribution in [0.5, 0.6) is 0 Å². The summed E-state index contributed by atoms with van der Waals surface area (Å²) in [5.41, 5.74) is 0. The van der Waals surface area contributed by atoms with Crippen molar-refractivity contribution in [3.63, 3.8) is 0 Å². The number of carboxylic acids is 1. The van der Waals surface area contributed by atoms with Crippen LogP contribution in [0.15, 0.2) is 60.8 Å². The zero-order chi connectivity index (χ0) is 48.4. The second-order valence-corrected chi connectivity index (χ2v) is 19.5. The Hall–Kier alpha value is -2.97. The first-order valence-electron chi connectivity index (χ1n) is 27.3. The van der Waals surface area contributed by atoms with E-state index in [2.05, 4.69) is 74.6 Å². The zero-order valence-corrected chi connectivity index (χ0v) is 43.6. The van der Waals surface area contributed by atoms with Crippen molar-refractivity contribution in [3.05, 3.63) is 60.8 Å². The molecule has 66 heavy (non-hydrogen) atoms. The molecule has 1 N–H and O–H groups in total. The maximum Gasteiger partial charge on any atom is 0.362 e. The summed E-state index contributed by atoms with van der Waals surface area (Å²) in [6, 6.07) is -0.619. The van der Waals surface area contributed by atoms with Gasteiger partial charge in [-0.2, -0.15) is 0 Å². The number of carbonyl (C=O) groups is 3. The van der Waals surface area contributed by atoms with Gasteiger partial charge in [0, 0.05) is 19.3 Å². The van der Waals surface area contributed by atoms with E-state index in [1.54, 1.807) is 0 Å². The minimum absolute atomic E-state index is 0.0558. The minimum atomic E-state index is -0.876. The minimum Gasteiger partial charge on any atom is -0.477 e. The number of rotatable bonds is 49. The standard InChI is InChI=1S/C58H103NO7/c1-6-8-10-12-14-16-18-20-22-24-26-28-29-31-33-35-37-39-41-43-45-47-49-57(61)66-54(52-64-51-50-55(58(62)63)59(3,4)5)53-65-56(60)48-46-44-42-40-38-36-34-32-30-27-25-23-21-19-17-15-13-11-9-7-2/h9,11,15,17,21,23-24,26,29,31,54-55H,6-8,10,12-14,16,18-20,22,25,27-28,30,32-53H2,1-5H3/p+1/b11-9+,17-15+,23-21+,26-24+,31-29+. The van der Waals surface area contributed by atoms with Gasteiger partial charge in [-0.25, -0.2) is 4.79 Å². The summed E-state index contributed by atoms with van der Waals surface area (Å²) in [5, 5.41) is 9.67. The van der Waals surface area contributed by atoms with Gasteiger partial charge in [0.05, 0.1) is 34.4 Å². The molecule has 0 aromatic carbocycles. The number of carbonyl (C=O) groups excluding carboxylic acids is 2. The number of quaternary nitrogens is 1. The smallest absolute Gasteiger partial charge is 0.362 e. The third-order valence-electron chi connectivity index (χ3n) is 12.2. The fourth-order valence-corrected chi connectivity index (χ4v) is 7.96. The van der Waals surface area contributed by atoms with Crippen LogP contribution in [-0.2, 0) is 28.6 Å². The molecule has 0 aliphatic rings. The van der Waals surface area contributed by atoms with Crippen molar-refractivity contribution < 1.29 is 38.2 Å². The van der Waals surface area contributed by atoms with E-state index in [0.717, 1.165) is 70.6 Å². The van der Waals surface area contributed by atoms with Gasteiger partial charge in [-0.15, -0.1) is 0 Å². The molecule has 0 aliphatic heterocycles. The Labute approximate surface area is 407 Å². The normalized spacial score (nSPS) is 13.3. The van der Waals surface area contributed by atoms with Crippen LogP contribution in [0.1, 0.15) is 239 Å². The molecular weight excluding hydrogens is 823 g/mol. The SMILES string of the molecule is CC/C=C/C/C=C/C/C=C/CCCCCCCCCCCCC(=O)OCC(COCCC(C(=O)O)[N+](C)(C)C)OC(=O)CCCCCCCCC/C=C/C/C=C/CCCCCCCCCC. The molecule has 382 valence electrons. The van der Waals surface area contributed by atoms with Crippen LogP contribution >= 0.6 is 0 Å². The van der Waals surface area contributed by atoms with Crippen molar-refractivity contribution in [3.8, 4) is 0 Å². The van der Waals surface area contributed by atoms with Crippen LogP contribution < -0.4 is 0 Å². The van der Waals surface area contributed by atoms with E-state index in [0.29, 0.717) is 19.3 Å². The molecule has 2 atom stereocenters. The molecule has 0 radical (unpaired) electrons. The Balaban J connectivity index is 4.23. The van der Waals surface area contributed by atoms with Crippen LogP contribution in [-0.4, -0.2) is 80.6 Å². The molecule has 0 heterocycles. The lowest BCUT2D eigenvalue weighted by Gasteiger charge is -2.31. The highest BCUT2D eigenvalue weighted by molar-refractivity contribution is 5.72. The topological polar surface area (TPSA) is 99.1 Å². The Kier molecular flexibility index (Phi) is 46.3. The Morgan fingerprint density at radius 1 is 0.470 bits per heavy atom. The highest BCUT2D eigenvalue weighted by atomic mass is 16.6. The molecule has 2 unspecified atom stereocenters. The second kappa shape index (κ2) is 48.5. The molecule has 0 bridgehead atoms. The van der Waals surface area contributed by atoms with Gasteiger partial charge in [0.2, 0.25) is 0 Å². The first-order valence-corrected chi connectivity index (χ1v) is 27.3. The predicted molar refractivity (Wildman–Crippen MR) is 280 cm³/mol. The average Bonchev–Trinajstić information content (AvgIpc) is 3.28. The van der Waals surface area contributed by atoms with Crippen molar-refractivity contribution >= 4 is 17.9 Å². The van der Waals surface area contributed by atoms with Crippen LogP contribution in [0.25, 0.3) is 0 Å². The second-order valence-electron chi connectivity index (χ2n) is 19.5. The monoisotopic (exact) mass is 927 g/mol. The molecule has 8 nitrogen and oxygen atoms in total. The zero-order valence-electron chi connectivity index (χ0n) is 43.6. The molecule has 0 fully saturated rings. The summed E-state index contributed by atoms with van der Waals surface area (Å²) in [6.07, 6.45) is 61.3. The number of esters is 2. The molecule has 0 saturated carbocycles. The van der Waals surface area contributed by atoms with Crippen molar-refractivity contribution in [1.82, 2.24) is 0 Å². The highest BCUT2D eigenvalue weighted by Crippen LogP contribution is 2.15. The molecule has 0 aliphatic carbocycles. The van der Waals surface area contributed by atoms with Gasteiger partial charge in [0.15, 0.2) is 12.1 Å². The molecule has 0 amide bonds. The van der Waals surface area contributed by atoms with Gasteiger partial charge in [-0.1, -0.05) is 203 Å². The number of nitrogens with zero attached hydrogens (tertiary/aromatic N) is 1. The molecule has 8 heteroatoms. The van der Waals surface area contributed by atoms with E-state index >= 15 is 0 Å². The van der Waals surface area contributed by atoms with E-state index in [-0.39, 0.29) is 36.2 Å². The van der Waals surface area contributed by atoms with Gasteiger partial charge in [0.25, 0.3) is 0 Å². The van der Waals surface area contributed by atoms with Crippen LogP contribution in [0, 0.1) is 0 Å². The number of aliphatic carboxylic acids is 1. The molecule has 0 rings (SSSR count). The molecule has 0 saturated heterocycles. The number of allylic oxidation sites excluding steroid dienone is 10. The number of ether oxygens (including phenoxy) is 3. The third kappa shape index (κ3) is 46.2. The van der Waals surface area contributed by atoms with Crippen molar-refractivity contribution in [1.29, 1.82) is 0 Å². The summed E-state index contributed by atoms with van der Waals surface area (Å²) >= 11 is 0. The van der Waals surface area contributed by atoms with E-state index in [4.69, 9.17) is 14.2 Å². The average molecular weight is 927 g/mol. The fraction of sp³-hybridized carbons (Fsp3) is 0.776. The van der Waals surface area contributed by atoms with Crippen LogP contribution in [0.2, 0.25) is 0 Å². The Morgan fingerprint density at radius 2 is 0.848 bits per heavy atom. The van der Waals surface area contributed by atoms with Gasteiger partial charge in [-0.05, 0) is 77.0 Å². The maximum atomic E-state index is 12.8. The van der Waals surface area contributed by atoms with Crippen LogP contribution in [0.4, 0.5) is 0 Å². The van der Waals surface area contributed by atoms with Gasteiger partial charge in [0.1, 0.15) is 6.61 Å². The highest BCUT2D eigenvalue weighted by Gasteiger charge is 2.31. The number of carboxylic acid groups (broad SMARTS) is 1. The third-order valence-corrected chi connectivity index (χ3v) is 12.2. The number of hydrogen-bond donors (Lipinski definition) is 1. The van der Waals surface area contributed by atoms with Crippen molar-refractivity contribution in [2.45, 2.75) is 251 Å².